The molecule has 0 N–H and O–H groups in total. The van der Waals surface area contributed by atoms with Crippen molar-refractivity contribution >= 4 is 27.7 Å². The van der Waals surface area contributed by atoms with E-state index in [1.54, 1.807) is 5.56 Å². The van der Waals surface area contributed by atoms with Crippen LogP contribution in [-0.4, -0.2) is 4.75 Å². The van der Waals surface area contributed by atoms with Crippen LogP contribution in [0, 0.1) is 0 Å². The van der Waals surface area contributed by atoms with Crippen LogP contribution in [0.25, 0.3) is 0 Å². The lowest BCUT2D eigenvalue weighted by molar-refractivity contribution is 0.400. The van der Waals surface area contributed by atoms with Crippen molar-refractivity contribution in [1.82, 2.24) is 0 Å². The Morgan fingerprint density at radius 3 is 2.67 bits per heavy atom. The van der Waals surface area contributed by atoms with Crippen molar-refractivity contribution in [3.63, 3.8) is 0 Å². The number of fused-ring (bicyclic) bond motifs is 1. The van der Waals surface area contributed by atoms with E-state index in [-0.39, 0.29) is 0 Å². The number of hydrogen-bond acceptors (Lipinski definition) is 1. The highest BCUT2D eigenvalue weighted by molar-refractivity contribution is 9.10. The Labute approximate surface area is 104 Å². The Hall–Kier alpha value is 0.0500. The van der Waals surface area contributed by atoms with Gasteiger partial charge in [0.15, 0.2) is 0 Å². The lowest BCUT2D eigenvalue weighted by Gasteiger charge is -2.32. The second kappa shape index (κ2) is 3.81. The highest BCUT2D eigenvalue weighted by Crippen LogP contribution is 2.53. The van der Waals surface area contributed by atoms with Crippen LogP contribution in [-0.2, 0) is 6.42 Å². The standard InChI is InChI=1S/C13H15BrS/c14-11-5-4-6-12-10(11)9-13(15-12)7-2-1-3-8-13/h4-6H,1-3,7-9H2. The summed E-state index contributed by atoms with van der Waals surface area (Å²) in [6.45, 7) is 0. The van der Waals surface area contributed by atoms with Gasteiger partial charge in [0.25, 0.3) is 0 Å². The summed E-state index contributed by atoms with van der Waals surface area (Å²) in [5.41, 5.74) is 1.56. The lowest BCUT2D eigenvalue weighted by atomic mass is 9.84. The minimum atomic E-state index is 0.560. The predicted molar refractivity (Wildman–Crippen MR) is 69.5 cm³/mol. The fourth-order valence-electron chi connectivity index (χ4n) is 2.87. The fraction of sp³-hybridized carbons (Fsp3) is 0.538. The third-order valence-corrected chi connectivity index (χ3v) is 6.00. The third-order valence-electron chi connectivity index (χ3n) is 3.67. The molecule has 2 aliphatic rings. The molecular weight excluding hydrogens is 268 g/mol. The van der Waals surface area contributed by atoms with E-state index in [0.29, 0.717) is 4.75 Å². The average Bonchev–Trinajstić information content (AvgIpc) is 2.59. The number of hydrogen-bond donors (Lipinski definition) is 0. The molecule has 1 aromatic rings. The van der Waals surface area contributed by atoms with E-state index in [2.05, 4.69) is 45.9 Å². The highest BCUT2D eigenvalue weighted by atomic mass is 79.9. The van der Waals surface area contributed by atoms with Crippen molar-refractivity contribution < 1.29 is 0 Å². The van der Waals surface area contributed by atoms with E-state index in [4.69, 9.17) is 0 Å². The van der Waals surface area contributed by atoms with Crippen LogP contribution in [0.2, 0.25) is 0 Å². The number of rotatable bonds is 0. The van der Waals surface area contributed by atoms with Gasteiger partial charge in [0, 0.05) is 14.1 Å². The van der Waals surface area contributed by atoms with Gasteiger partial charge in [-0.2, -0.15) is 0 Å². The first-order chi connectivity index (χ1) is 7.29. The van der Waals surface area contributed by atoms with Gasteiger partial charge in [0.2, 0.25) is 0 Å². The molecule has 1 aromatic carbocycles. The normalized spacial score (nSPS) is 23.0. The van der Waals surface area contributed by atoms with Crippen molar-refractivity contribution in [1.29, 1.82) is 0 Å². The maximum atomic E-state index is 3.68. The molecule has 0 amide bonds. The van der Waals surface area contributed by atoms with Crippen LogP contribution in [0.1, 0.15) is 37.7 Å². The molecule has 15 heavy (non-hydrogen) atoms. The summed E-state index contributed by atoms with van der Waals surface area (Å²) >= 11 is 5.83. The Morgan fingerprint density at radius 2 is 1.93 bits per heavy atom. The highest BCUT2D eigenvalue weighted by Gasteiger charge is 2.39. The first kappa shape index (κ1) is 10.2. The quantitative estimate of drug-likeness (QED) is 0.659. The second-order valence-electron chi connectivity index (χ2n) is 4.74. The zero-order valence-corrected chi connectivity index (χ0v) is 11.2. The van der Waals surface area contributed by atoms with Crippen LogP contribution in [0.15, 0.2) is 27.6 Å². The van der Waals surface area contributed by atoms with Crippen molar-refractivity contribution in [3.8, 4) is 0 Å². The van der Waals surface area contributed by atoms with Crippen LogP contribution < -0.4 is 0 Å². The van der Waals surface area contributed by atoms with Gasteiger partial charge in [-0.25, -0.2) is 0 Å². The molecule has 0 nitrogen and oxygen atoms in total. The molecule has 0 bridgehead atoms. The third kappa shape index (κ3) is 1.76. The smallest absolute Gasteiger partial charge is 0.0248 e. The van der Waals surface area contributed by atoms with Gasteiger partial charge in [-0.05, 0) is 37.0 Å². The van der Waals surface area contributed by atoms with E-state index in [1.807, 2.05) is 0 Å². The summed E-state index contributed by atoms with van der Waals surface area (Å²) in [6, 6.07) is 6.63. The van der Waals surface area contributed by atoms with Crippen LogP contribution >= 0.6 is 27.7 Å². The first-order valence-electron chi connectivity index (χ1n) is 5.76. The maximum Gasteiger partial charge on any atom is 0.0248 e. The molecule has 0 radical (unpaired) electrons. The molecule has 3 rings (SSSR count). The monoisotopic (exact) mass is 282 g/mol. The van der Waals surface area contributed by atoms with Crippen molar-refractivity contribution in [2.24, 2.45) is 0 Å². The van der Waals surface area contributed by atoms with E-state index < -0.39 is 0 Å². The van der Waals surface area contributed by atoms with Gasteiger partial charge >= 0.3 is 0 Å². The summed E-state index contributed by atoms with van der Waals surface area (Å²) in [5, 5.41) is 0. The second-order valence-corrected chi connectivity index (χ2v) is 7.10. The molecule has 1 heterocycles. The van der Waals surface area contributed by atoms with Gasteiger partial charge in [0.1, 0.15) is 0 Å². The molecule has 0 atom stereocenters. The molecule has 1 aliphatic heterocycles. The largest absolute Gasteiger partial charge is 0.119 e. The van der Waals surface area contributed by atoms with Gasteiger partial charge < -0.3 is 0 Å². The Kier molecular flexibility index (Phi) is 2.60. The van der Waals surface area contributed by atoms with E-state index >= 15 is 0 Å². The maximum absolute atomic E-state index is 3.68. The molecule has 80 valence electrons. The van der Waals surface area contributed by atoms with E-state index in [0.717, 1.165) is 0 Å². The summed E-state index contributed by atoms with van der Waals surface area (Å²) in [4.78, 5) is 1.52. The summed E-state index contributed by atoms with van der Waals surface area (Å²) in [5.74, 6) is 0. The minimum absolute atomic E-state index is 0.560. The summed E-state index contributed by atoms with van der Waals surface area (Å²) in [7, 11) is 0. The average molecular weight is 283 g/mol. The molecule has 1 spiro atoms. The Bertz CT molecular complexity index is 380. The Morgan fingerprint density at radius 1 is 1.13 bits per heavy atom. The van der Waals surface area contributed by atoms with Gasteiger partial charge in [-0.1, -0.05) is 41.3 Å². The summed E-state index contributed by atoms with van der Waals surface area (Å²) in [6.07, 6.45) is 8.42. The molecule has 2 heteroatoms. The zero-order chi connectivity index (χ0) is 10.3. The first-order valence-corrected chi connectivity index (χ1v) is 7.36. The number of halogens is 1. The molecule has 0 aromatic heterocycles. The molecule has 1 fully saturated rings. The Balaban J connectivity index is 1.94. The topological polar surface area (TPSA) is 0 Å². The van der Waals surface area contributed by atoms with Crippen LogP contribution in [0.5, 0.6) is 0 Å². The molecule has 0 saturated heterocycles. The molecule has 1 saturated carbocycles. The van der Waals surface area contributed by atoms with Gasteiger partial charge in [-0.15, -0.1) is 11.8 Å². The van der Waals surface area contributed by atoms with Crippen molar-refractivity contribution in [2.45, 2.75) is 48.2 Å². The lowest BCUT2D eigenvalue weighted by Crippen LogP contribution is -2.26. The minimum Gasteiger partial charge on any atom is -0.119 e. The van der Waals surface area contributed by atoms with Crippen LogP contribution in [0.4, 0.5) is 0 Å². The van der Waals surface area contributed by atoms with E-state index in [9.17, 15) is 0 Å². The zero-order valence-electron chi connectivity index (χ0n) is 8.76. The van der Waals surface area contributed by atoms with Gasteiger partial charge in [-0.3, -0.25) is 0 Å². The number of thioether (sulfide) groups is 1. The van der Waals surface area contributed by atoms with Crippen molar-refractivity contribution in [2.75, 3.05) is 0 Å². The summed E-state index contributed by atoms with van der Waals surface area (Å²) < 4.78 is 1.87. The predicted octanol–water partition coefficient (Wildman–Crippen LogP) is 4.80. The molecule has 1 aliphatic carbocycles. The number of benzene rings is 1. The fourth-order valence-corrected chi connectivity index (χ4v) is 5.14. The molecular formula is C13H15BrS. The van der Waals surface area contributed by atoms with Crippen molar-refractivity contribution in [3.05, 3.63) is 28.2 Å². The SMILES string of the molecule is Brc1cccc2c1CC1(CCCCC1)S2. The van der Waals surface area contributed by atoms with Crippen LogP contribution in [0.3, 0.4) is 0 Å². The van der Waals surface area contributed by atoms with E-state index in [1.165, 1.54) is 47.9 Å². The molecule has 0 unspecified atom stereocenters. The van der Waals surface area contributed by atoms with Gasteiger partial charge in [0.05, 0.1) is 0 Å².